The fourth-order valence-electron chi connectivity index (χ4n) is 3.72. The highest BCUT2D eigenvalue weighted by Gasteiger charge is 2.25. The summed E-state index contributed by atoms with van der Waals surface area (Å²) in [5, 5.41) is 1.03. The van der Waals surface area contributed by atoms with Gasteiger partial charge in [-0.25, -0.2) is 0 Å². The molecule has 0 aliphatic carbocycles. The molecule has 1 aromatic heterocycles. The molecule has 1 heterocycles. The van der Waals surface area contributed by atoms with Gasteiger partial charge in [0, 0.05) is 18.4 Å². The van der Waals surface area contributed by atoms with Crippen LogP contribution in [0.2, 0.25) is 19.6 Å². The number of methoxy groups -OCH3 is 1. The lowest BCUT2D eigenvalue weighted by atomic mass is 10.0. The molecule has 1 unspecified atom stereocenters. The van der Waals surface area contributed by atoms with Crippen molar-refractivity contribution in [2.24, 2.45) is 0 Å². The van der Waals surface area contributed by atoms with Gasteiger partial charge >= 0.3 is 11.9 Å². The Morgan fingerprint density at radius 3 is 1.97 bits per heavy atom. The number of unbranched alkanes of at least 4 members (excludes halogenated alkanes) is 9. The van der Waals surface area contributed by atoms with Gasteiger partial charge < -0.3 is 13.9 Å². The van der Waals surface area contributed by atoms with E-state index in [0.717, 1.165) is 30.2 Å². The van der Waals surface area contributed by atoms with Gasteiger partial charge in [0.2, 0.25) is 0 Å². The molecule has 1 rings (SSSR count). The van der Waals surface area contributed by atoms with Crippen molar-refractivity contribution in [2.75, 3.05) is 7.11 Å². The highest BCUT2D eigenvalue weighted by Crippen LogP contribution is 2.26. The van der Waals surface area contributed by atoms with Crippen LogP contribution in [-0.2, 0) is 19.1 Å². The van der Waals surface area contributed by atoms with Crippen LogP contribution < -0.4 is 5.38 Å². The molecule has 0 saturated heterocycles. The molecule has 5 nitrogen and oxygen atoms in total. The second kappa shape index (κ2) is 16.1. The molecule has 0 saturated carbocycles. The molecule has 184 valence electrons. The van der Waals surface area contributed by atoms with E-state index in [1.54, 1.807) is 6.26 Å². The zero-order chi connectivity index (χ0) is 23.8. The molecule has 0 aliphatic rings. The fraction of sp³-hybridized carbons (Fsp3) is 0.769. The third-order valence-electron chi connectivity index (χ3n) is 5.81. The summed E-state index contributed by atoms with van der Waals surface area (Å²) in [4.78, 5) is 23.7. The first-order valence-corrected chi connectivity index (χ1v) is 16.1. The van der Waals surface area contributed by atoms with Crippen molar-refractivity contribution in [2.45, 2.75) is 123 Å². The predicted molar refractivity (Wildman–Crippen MR) is 133 cm³/mol. The Labute approximate surface area is 196 Å². The molecule has 0 N–H and O–H groups in total. The number of rotatable bonds is 18. The maximum absolute atomic E-state index is 12.4. The minimum absolute atomic E-state index is 0.225. The molecule has 1 aromatic rings. The summed E-state index contributed by atoms with van der Waals surface area (Å²) >= 11 is 0. The predicted octanol–water partition coefficient (Wildman–Crippen LogP) is 7.06. The molecule has 32 heavy (non-hydrogen) atoms. The number of carbonyl (C=O) groups excluding carboxylic acids is 2. The first kappa shape index (κ1) is 28.5. The highest BCUT2D eigenvalue weighted by atomic mass is 28.3. The monoisotopic (exact) mass is 466 g/mol. The molecule has 6 heteroatoms. The van der Waals surface area contributed by atoms with Gasteiger partial charge in [-0.05, 0) is 25.3 Å². The average molecular weight is 467 g/mol. The van der Waals surface area contributed by atoms with Crippen LogP contribution in [0.3, 0.4) is 0 Å². The summed E-state index contributed by atoms with van der Waals surface area (Å²) in [6, 6.07) is 2.08. The molecule has 0 spiro atoms. The zero-order valence-corrected chi connectivity index (χ0v) is 22.2. The summed E-state index contributed by atoms with van der Waals surface area (Å²) in [6.07, 6.45) is 16.0. The van der Waals surface area contributed by atoms with Crippen molar-refractivity contribution in [3.8, 4) is 0 Å². The van der Waals surface area contributed by atoms with Gasteiger partial charge in [-0.1, -0.05) is 84.4 Å². The van der Waals surface area contributed by atoms with E-state index >= 15 is 0 Å². The van der Waals surface area contributed by atoms with Crippen LogP contribution in [0.1, 0.15) is 108 Å². The zero-order valence-electron chi connectivity index (χ0n) is 21.2. The van der Waals surface area contributed by atoms with Gasteiger partial charge in [0.15, 0.2) is 0 Å². The van der Waals surface area contributed by atoms with Crippen molar-refractivity contribution in [1.82, 2.24) is 0 Å². The maximum Gasteiger partial charge on any atom is 0.306 e. The Morgan fingerprint density at radius 1 is 0.875 bits per heavy atom. The first-order chi connectivity index (χ1) is 15.3. The molecule has 0 bridgehead atoms. The lowest BCUT2D eigenvalue weighted by molar-refractivity contribution is -0.150. The minimum Gasteiger partial charge on any atom is -0.474 e. The van der Waals surface area contributed by atoms with E-state index in [2.05, 4.69) is 37.4 Å². The van der Waals surface area contributed by atoms with Gasteiger partial charge in [-0.15, -0.1) is 0 Å². The molecular formula is C26H46O5Si. The largest absolute Gasteiger partial charge is 0.474 e. The highest BCUT2D eigenvalue weighted by molar-refractivity contribution is 6.87. The third-order valence-corrected chi connectivity index (χ3v) is 7.55. The molecule has 0 aliphatic heterocycles. The van der Waals surface area contributed by atoms with Gasteiger partial charge in [0.05, 0.1) is 18.8 Å². The third kappa shape index (κ3) is 12.5. The Bertz CT molecular complexity index is 647. The number of hydrogen-bond donors (Lipinski definition) is 0. The second-order valence-electron chi connectivity index (χ2n) is 9.87. The number of furan rings is 1. The van der Waals surface area contributed by atoms with Crippen molar-refractivity contribution in [3.63, 3.8) is 0 Å². The molecular weight excluding hydrogens is 420 g/mol. The number of ether oxygens (including phenoxy) is 2. The Hall–Kier alpha value is -1.56. The number of carbonyl (C=O) groups is 2. The first-order valence-electron chi connectivity index (χ1n) is 12.6. The fourth-order valence-corrected chi connectivity index (χ4v) is 4.73. The van der Waals surface area contributed by atoms with E-state index in [1.165, 1.54) is 58.5 Å². The lowest BCUT2D eigenvalue weighted by Crippen LogP contribution is -2.36. The topological polar surface area (TPSA) is 65.7 Å². The van der Waals surface area contributed by atoms with E-state index in [9.17, 15) is 9.59 Å². The normalized spacial score (nSPS) is 12.5. The molecule has 0 amide bonds. The molecule has 1 atom stereocenters. The van der Waals surface area contributed by atoms with Crippen molar-refractivity contribution in [1.29, 1.82) is 0 Å². The van der Waals surface area contributed by atoms with Crippen LogP contribution in [-0.4, -0.2) is 27.1 Å². The molecule has 0 radical (unpaired) electrons. The smallest absolute Gasteiger partial charge is 0.306 e. The van der Waals surface area contributed by atoms with E-state index in [1.807, 2.05) is 0 Å². The maximum atomic E-state index is 12.4. The van der Waals surface area contributed by atoms with Crippen molar-refractivity contribution in [3.05, 3.63) is 17.9 Å². The Balaban J connectivity index is 2.48. The summed E-state index contributed by atoms with van der Waals surface area (Å²) in [5.74, 6) is -0.559. The second-order valence-corrected chi connectivity index (χ2v) is 14.9. The Morgan fingerprint density at radius 2 is 1.44 bits per heavy atom. The quantitative estimate of drug-likeness (QED) is 0.132. The summed E-state index contributed by atoms with van der Waals surface area (Å²) in [5.41, 5.74) is 0.958. The van der Waals surface area contributed by atoms with E-state index in [0.29, 0.717) is 6.42 Å². The summed E-state index contributed by atoms with van der Waals surface area (Å²) in [6.45, 7) is 8.98. The number of esters is 2. The van der Waals surface area contributed by atoms with Crippen LogP contribution in [0.15, 0.2) is 16.7 Å². The lowest BCUT2D eigenvalue weighted by Gasteiger charge is -2.17. The van der Waals surface area contributed by atoms with E-state index < -0.39 is 8.07 Å². The van der Waals surface area contributed by atoms with Gasteiger partial charge in [-0.2, -0.15) is 0 Å². The van der Waals surface area contributed by atoms with Crippen LogP contribution >= 0.6 is 0 Å². The van der Waals surface area contributed by atoms with E-state index in [4.69, 9.17) is 9.15 Å². The SMILES string of the molecule is CCCCCCCCCCCCC(OC(=O)CCCC(=O)OC)c1coc([Si](C)(C)C)c1. The molecule has 0 aromatic carbocycles. The number of hydrogen-bond acceptors (Lipinski definition) is 5. The van der Waals surface area contributed by atoms with Gasteiger partial charge in [0.25, 0.3) is 0 Å². The van der Waals surface area contributed by atoms with Crippen LogP contribution in [0.5, 0.6) is 0 Å². The van der Waals surface area contributed by atoms with Crippen molar-refractivity contribution >= 4 is 25.4 Å². The average Bonchev–Trinajstić information content (AvgIpc) is 3.25. The van der Waals surface area contributed by atoms with Gasteiger partial charge in [0.1, 0.15) is 14.2 Å². The summed E-state index contributed by atoms with van der Waals surface area (Å²) in [7, 11) is -0.201. The van der Waals surface area contributed by atoms with E-state index in [-0.39, 0.29) is 30.9 Å². The minimum atomic E-state index is -1.56. The Kier molecular flexibility index (Phi) is 14.3. The van der Waals surface area contributed by atoms with Crippen LogP contribution in [0.25, 0.3) is 0 Å². The summed E-state index contributed by atoms with van der Waals surface area (Å²) < 4.78 is 16.3. The standard InChI is InChI=1S/C26H46O5Si/c1-6-7-8-9-10-11-12-13-14-15-17-23(22-20-26(30-21-22)32(3,4)5)31-25(28)19-16-18-24(27)29-2/h20-21,23H,6-19H2,1-5H3. The van der Waals surface area contributed by atoms with Crippen molar-refractivity contribution < 1.29 is 23.5 Å². The van der Waals surface area contributed by atoms with Crippen LogP contribution in [0, 0.1) is 0 Å². The van der Waals surface area contributed by atoms with Crippen LogP contribution in [0.4, 0.5) is 0 Å². The molecule has 0 fully saturated rings. The van der Waals surface area contributed by atoms with Gasteiger partial charge in [-0.3, -0.25) is 9.59 Å².